The first-order chi connectivity index (χ1) is 9.52. The van der Waals surface area contributed by atoms with Crippen molar-refractivity contribution in [3.05, 3.63) is 12.7 Å². The number of esters is 1. The standard InChI is InChI=1S/C16H32O4Si/c1-10-16(8,9)20-21(12(3)4,13(5)6)19-14(7)15(17)18-11-2/h10,12-14H,1,11H2,2-9H3/t14-/m0/s1. The first kappa shape index (κ1) is 20.3. The van der Waals surface area contributed by atoms with E-state index in [1.54, 1.807) is 19.9 Å². The quantitative estimate of drug-likeness (QED) is 0.363. The van der Waals surface area contributed by atoms with Crippen molar-refractivity contribution in [2.75, 3.05) is 6.61 Å². The molecule has 0 aromatic carbocycles. The van der Waals surface area contributed by atoms with Gasteiger partial charge < -0.3 is 13.6 Å². The Kier molecular flexibility index (Phi) is 7.85. The van der Waals surface area contributed by atoms with Crippen molar-refractivity contribution in [2.24, 2.45) is 0 Å². The Morgan fingerprint density at radius 2 is 1.67 bits per heavy atom. The Morgan fingerprint density at radius 3 is 2.00 bits per heavy atom. The molecule has 1 atom stereocenters. The average Bonchev–Trinajstić information content (AvgIpc) is 2.37. The molecule has 5 heteroatoms. The van der Waals surface area contributed by atoms with Gasteiger partial charge in [-0.05, 0) is 38.8 Å². The molecule has 0 saturated heterocycles. The average molecular weight is 317 g/mol. The van der Waals surface area contributed by atoms with Crippen LogP contribution in [0, 0.1) is 0 Å². The van der Waals surface area contributed by atoms with E-state index in [0.717, 1.165) is 0 Å². The van der Waals surface area contributed by atoms with Crippen molar-refractivity contribution < 1.29 is 18.4 Å². The van der Waals surface area contributed by atoms with Crippen LogP contribution in [0.2, 0.25) is 11.1 Å². The molecule has 0 aromatic rings. The van der Waals surface area contributed by atoms with Gasteiger partial charge in [0.1, 0.15) is 6.10 Å². The minimum absolute atomic E-state index is 0.202. The lowest BCUT2D eigenvalue weighted by molar-refractivity contribution is -0.152. The fraction of sp³-hybridized carbons (Fsp3) is 0.812. The zero-order chi connectivity index (χ0) is 16.8. The van der Waals surface area contributed by atoms with Crippen LogP contribution in [0.3, 0.4) is 0 Å². The smallest absolute Gasteiger partial charge is 0.344 e. The highest BCUT2D eigenvalue weighted by Gasteiger charge is 2.50. The third-order valence-electron chi connectivity index (χ3n) is 3.50. The van der Waals surface area contributed by atoms with Gasteiger partial charge in [-0.25, -0.2) is 4.79 Å². The molecule has 0 aliphatic carbocycles. The second kappa shape index (κ2) is 8.10. The molecule has 0 N–H and O–H groups in total. The van der Waals surface area contributed by atoms with E-state index in [1.165, 1.54) is 0 Å². The van der Waals surface area contributed by atoms with Crippen molar-refractivity contribution in [1.82, 2.24) is 0 Å². The lowest BCUT2D eigenvalue weighted by atomic mass is 10.1. The molecule has 0 aromatic heterocycles. The van der Waals surface area contributed by atoms with Crippen LogP contribution in [-0.2, 0) is 18.4 Å². The first-order valence-corrected chi connectivity index (χ1v) is 9.67. The van der Waals surface area contributed by atoms with Crippen molar-refractivity contribution in [2.45, 2.75) is 78.2 Å². The highest BCUT2D eigenvalue weighted by molar-refractivity contribution is 6.70. The van der Waals surface area contributed by atoms with Crippen LogP contribution < -0.4 is 0 Å². The summed E-state index contributed by atoms with van der Waals surface area (Å²) in [5, 5.41) is 0. The van der Waals surface area contributed by atoms with Gasteiger partial charge in [-0.2, -0.15) is 0 Å². The van der Waals surface area contributed by atoms with E-state index in [2.05, 4.69) is 34.3 Å². The monoisotopic (exact) mass is 316 g/mol. The summed E-state index contributed by atoms with van der Waals surface area (Å²) in [4.78, 5) is 11.9. The van der Waals surface area contributed by atoms with Crippen LogP contribution in [0.25, 0.3) is 0 Å². The summed E-state index contributed by atoms with van der Waals surface area (Å²) in [6, 6.07) is 0. The van der Waals surface area contributed by atoms with Gasteiger partial charge in [0.05, 0.1) is 12.2 Å². The van der Waals surface area contributed by atoms with E-state index in [9.17, 15) is 4.79 Å². The Hall–Kier alpha value is -0.653. The third kappa shape index (κ3) is 5.56. The summed E-state index contributed by atoms with van der Waals surface area (Å²) < 4.78 is 17.6. The molecule has 0 aliphatic heterocycles. The van der Waals surface area contributed by atoms with Crippen LogP contribution in [0.5, 0.6) is 0 Å². The molecular weight excluding hydrogens is 284 g/mol. The second-order valence-corrected chi connectivity index (χ2v) is 10.6. The maximum absolute atomic E-state index is 11.9. The van der Waals surface area contributed by atoms with Gasteiger partial charge in [-0.1, -0.05) is 33.8 Å². The van der Waals surface area contributed by atoms with Crippen molar-refractivity contribution in [3.8, 4) is 0 Å². The fourth-order valence-electron chi connectivity index (χ4n) is 2.24. The molecule has 0 saturated carbocycles. The molecule has 0 bridgehead atoms. The molecule has 0 aliphatic rings. The Bertz CT molecular complexity index is 342. The number of ether oxygens (including phenoxy) is 1. The number of hydrogen-bond acceptors (Lipinski definition) is 4. The highest BCUT2D eigenvalue weighted by atomic mass is 28.4. The molecule has 0 spiro atoms. The minimum Gasteiger partial charge on any atom is -0.464 e. The van der Waals surface area contributed by atoms with E-state index < -0.39 is 20.3 Å². The van der Waals surface area contributed by atoms with Crippen LogP contribution in [0.15, 0.2) is 12.7 Å². The molecule has 0 unspecified atom stereocenters. The Balaban J connectivity index is 5.40. The highest BCUT2D eigenvalue weighted by Crippen LogP contribution is 2.39. The molecule has 0 amide bonds. The summed E-state index contributed by atoms with van der Waals surface area (Å²) in [7, 11) is -2.63. The third-order valence-corrected chi connectivity index (χ3v) is 8.29. The molecule has 124 valence electrons. The zero-order valence-electron chi connectivity index (χ0n) is 14.9. The second-order valence-electron chi connectivity index (χ2n) is 6.45. The van der Waals surface area contributed by atoms with Gasteiger partial charge in [0, 0.05) is 0 Å². The van der Waals surface area contributed by atoms with Crippen LogP contribution in [-0.4, -0.2) is 32.8 Å². The fourth-order valence-corrected chi connectivity index (χ4v) is 6.19. The SMILES string of the molecule is C=CC(C)(C)O[Si](O[C@@H](C)C(=O)OCC)(C(C)C)C(C)C. The van der Waals surface area contributed by atoms with E-state index in [0.29, 0.717) is 6.61 Å². The molecule has 0 heterocycles. The number of rotatable bonds is 9. The van der Waals surface area contributed by atoms with E-state index in [1.807, 2.05) is 13.8 Å². The summed E-state index contributed by atoms with van der Waals surface area (Å²) in [6.07, 6.45) is 1.15. The van der Waals surface area contributed by atoms with E-state index in [4.69, 9.17) is 13.6 Å². The van der Waals surface area contributed by atoms with Gasteiger partial charge in [0.2, 0.25) is 0 Å². The predicted octanol–water partition coefficient (Wildman–Crippen LogP) is 4.20. The van der Waals surface area contributed by atoms with Crippen molar-refractivity contribution in [3.63, 3.8) is 0 Å². The van der Waals surface area contributed by atoms with Gasteiger partial charge >= 0.3 is 14.5 Å². The van der Waals surface area contributed by atoms with Crippen LogP contribution >= 0.6 is 0 Å². The summed E-state index contributed by atoms with van der Waals surface area (Å²) in [6.45, 7) is 20.0. The Morgan fingerprint density at radius 1 is 1.19 bits per heavy atom. The molecular formula is C16H32O4Si. The number of hydrogen-bond donors (Lipinski definition) is 0. The van der Waals surface area contributed by atoms with Gasteiger partial charge in [0.25, 0.3) is 0 Å². The molecule has 0 radical (unpaired) electrons. The van der Waals surface area contributed by atoms with Gasteiger partial charge in [0.15, 0.2) is 0 Å². The van der Waals surface area contributed by atoms with Gasteiger partial charge in [-0.3, -0.25) is 0 Å². The summed E-state index contributed by atoms with van der Waals surface area (Å²) in [5.41, 5.74) is -0.0861. The first-order valence-electron chi connectivity index (χ1n) is 7.70. The predicted molar refractivity (Wildman–Crippen MR) is 88.5 cm³/mol. The van der Waals surface area contributed by atoms with E-state index >= 15 is 0 Å². The van der Waals surface area contributed by atoms with E-state index in [-0.39, 0.29) is 17.1 Å². The zero-order valence-corrected chi connectivity index (χ0v) is 15.9. The van der Waals surface area contributed by atoms with Crippen molar-refractivity contribution >= 4 is 14.5 Å². The lowest BCUT2D eigenvalue weighted by Gasteiger charge is -2.43. The topological polar surface area (TPSA) is 44.8 Å². The maximum Gasteiger partial charge on any atom is 0.344 e. The largest absolute Gasteiger partial charge is 0.464 e. The normalized spacial score (nSPS) is 14.4. The summed E-state index contributed by atoms with van der Waals surface area (Å²) in [5.74, 6) is -0.337. The molecule has 0 rings (SSSR count). The van der Waals surface area contributed by atoms with Gasteiger partial charge in [-0.15, -0.1) is 6.58 Å². The lowest BCUT2D eigenvalue weighted by Crippen LogP contribution is -2.55. The van der Waals surface area contributed by atoms with Crippen LogP contribution in [0.1, 0.15) is 55.4 Å². The van der Waals surface area contributed by atoms with Crippen LogP contribution in [0.4, 0.5) is 0 Å². The maximum atomic E-state index is 11.9. The summed E-state index contributed by atoms with van der Waals surface area (Å²) >= 11 is 0. The molecule has 4 nitrogen and oxygen atoms in total. The minimum atomic E-state index is -2.63. The van der Waals surface area contributed by atoms with Crippen molar-refractivity contribution in [1.29, 1.82) is 0 Å². The molecule has 21 heavy (non-hydrogen) atoms. The number of carbonyl (C=O) groups excluding carboxylic acids is 1. The molecule has 0 fully saturated rings. The Labute approximate surface area is 131 Å². The number of carbonyl (C=O) groups is 1.